The van der Waals surface area contributed by atoms with E-state index in [1.54, 1.807) is 18.2 Å². The quantitative estimate of drug-likeness (QED) is 0.762. The number of anilines is 1. The minimum atomic E-state index is -4.12. The molecule has 25 heavy (non-hydrogen) atoms. The Morgan fingerprint density at radius 1 is 1.28 bits per heavy atom. The summed E-state index contributed by atoms with van der Waals surface area (Å²) in [5.74, 6) is -1.45. The molecule has 2 aromatic carbocycles. The van der Waals surface area contributed by atoms with Crippen LogP contribution in [0.4, 0.5) is 10.1 Å². The molecule has 1 aliphatic rings. The minimum Gasteiger partial charge on any atom is -0.465 e. The van der Waals surface area contributed by atoms with Gasteiger partial charge in [-0.25, -0.2) is 17.6 Å². The van der Waals surface area contributed by atoms with Crippen LogP contribution in [0.3, 0.4) is 0 Å². The lowest BCUT2D eigenvalue weighted by Gasteiger charge is -2.31. The molecule has 1 heterocycles. The first-order valence-electron chi connectivity index (χ1n) is 7.54. The molecule has 0 aromatic heterocycles. The van der Waals surface area contributed by atoms with Crippen molar-refractivity contribution in [3.63, 3.8) is 0 Å². The number of rotatable bonds is 3. The van der Waals surface area contributed by atoms with Gasteiger partial charge in [0.15, 0.2) is 0 Å². The maximum Gasteiger partial charge on any atom is 0.338 e. The smallest absolute Gasteiger partial charge is 0.338 e. The topological polar surface area (TPSA) is 63.7 Å². The number of hydrogen-bond donors (Lipinski definition) is 0. The van der Waals surface area contributed by atoms with Gasteiger partial charge in [-0.1, -0.05) is 17.7 Å². The van der Waals surface area contributed by atoms with Gasteiger partial charge in [-0.05, 0) is 48.7 Å². The molecule has 5 nitrogen and oxygen atoms in total. The van der Waals surface area contributed by atoms with E-state index in [1.807, 2.05) is 0 Å². The number of fused-ring (bicyclic) bond motifs is 1. The number of methoxy groups -OCH3 is 1. The fourth-order valence-electron chi connectivity index (χ4n) is 2.94. The number of hydrogen-bond acceptors (Lipinski definition) is 4. The van der Waals surface area contributed by atoms with Crippen molar-refractivity contribution < 1.29 is 22.3 Å². The predicted octanol–water partition coefficient (Wildman–Crippen LogP) is 3.41. The molecule has 0 saturated heterocycles. The lowest BCUT2D eigenvalue weighted by atomic mass is 9.98. The molecular formula is C17H15ClFNO4S. The Morgan fingerprint density at radius 3 is 2.72 bits per heavy atom. The monoisotopic (exact) mass is 383 g/mol. The van der Waals surface area contributed by atoms with Gasteiger partial charge in [-0.3, -0.25) is 4.31 Å². The Morgan fingerprint density at radius 2 is 2.04 bits per heavy atom. The maximum absolute atomic E-state index is 14.2. The third-order valence-electron chi connectivity index (χ3n) is 4.08. The molecule has 0 saturated carbocycles. The second kappa shape index (κ2) is 6.65. The van der Waals surface area contributed by atoms with Crippen LogP contribution in [-0.2, 0) is 21.2 Å². The highest BCUT2D eigenvalue weighted by molar-refractivity contribution is 7.92. The van der Waals surface area contributed by atoms with Gasteiger partial charge in [0.2, 0.25) is 0 Å². The average Bonchev–Trinajstić information content (AvgIpc) is 2.59. The molecule has 0 atom stereocenters. The summed E-state index contributed by atoms with van der Waals surface area (Å²) in [5, 5.41) is 0.114. The molecule has 0 fully saturated rings. The van der Waals surface area contributed by atoms with Crippen molar-refractivity contribution in [1.82, 2.24) is 0 Å². The van der Waals surface area contributed by atoms with E-state index in [0.29, 0.717) is 29.7 Å². The van der Waals surface area contributed by atoms with Crippen LogP contribution in [0.1, 0.15) is 22.3 Å². The Bertz CT molecular complexity index is 946. The standard InChI is InChI=1S/C17H15ClFNO4S/c1-24-17(21)13-4-2-6-15-12(13)5-3-9-20(15)25(22,23)16-8-7-11(18)10-14(16)19/h2,4,6-8,10H,3,5,9H2,1H3. The SMILES string of the molecule is COC(=O)c1cccc2c1CCCN2S(=O)(=O)c1ccc(Cl)cc1F. The van der Waals surface area contributed by atoms with Gasteiger partial charge in [0.1, 0.15) is 10.7 Å². The van der Waals surface area contributed by atoms with E-state index in [2.05, 4.69) is 0 Å². The number of benzene rings is 2. The summed E-state index contributed by atoms with van der Waals surface area (Å²) in [6.07, 6.45) is 1.05. The van der Waals surface area contributed by atoms with E-state index in [0.717, 1.165) is 16.4 Å². The number of halogens is 2. The first kappa shape index (κ1) is 17.7. The number of nitrogens with zero attached hydrogens (tertiary/aromatic N) is 1. The van der Waals surface area contributed by atoms with Crippen LogP contribution in [0, 0.1) is 5.82 Å². The fraction of sp³-hybridized carbons (Fsp3) is 0.235. The number of esters is 1. The van der Waals surface area contributed by atoms with Crippen LogP contribution >= 0.6 is 11.6 Å². The zero-order chi connectivity index (χ0) is 18.2. The van der Waals surface area contributed by atoms with Crippen molar-refractivity contribution in [2.45, 2.75) is 17.7 Å². The molecule has 3 rings (SSSR count). The molecule has 0 unspecified atom stereocenters. The average molecular weight is 384 g/mol. The van der Waals surface area contributed by atoms with Crippen molar-refractivity contribution in [2.75, 3.05) is 18.0 Å². The minimum absolute atomic E-state index is 0.114. The normalized spacial score (nSPS) is 14.1. The first-order valence-corrected chi connectivity index (χ1v) is 9.36. The van der Waals surface area contributed by atoms with Gasteiger partial charge in [-0.15, -0.1) is 0 Å². The van der Waals surface area contributed by atoms with E-state index < -0.39 is 26.7 Å². The molecule has 8 heteroatoms. The summed E-state index contributed by atoms with van der Waals surface area (Å²) in [6, 6.07) is 8.20. The van der Waals surface area contributed by atoms with E-state index in [1.165, 1.54) is 13.2 Å². The Kier molecular flexibility index (Phi) is 4.71. The lowest BCUT2D eigenvalue weighted by molar-refractivity contribution is 0.0599. The van der Waals surface area contributed by atoms with Crippen molar-refractivity contribution in [3.05, 3.63) is 58.4 Å². The van der Waals surface area contributed by atoms with Crippen molar-refractivity contribution in [3.8, 4) is 0 Å². The Labute approximate surface area is 150 Å². The molecule has 0 N–H and O–H groups in total. The van der Waals surface area contributed by atoms with Gasteiger partial charge in [-0.2, -0.15) is 0 Å². The van der Waals surface area contributed by atoms with Crippen molar-refractivity contribution in [1.29, 1.82) is 0 Å². The van der Waals surface area contributed by atoms with Crippen LogP contribution in [0.25, 0.3) is 0 Å². The summed E-state index contributed by atoms with van der Waals surface area (Å²) in [7, 11) is -2.86. The number of sulfonamides is 1. The molecular weight excluding hydrogens is 369 g/mol. The van der Waals surface area contributed by atoms with Gasteiger partial charge >= 0.3 is 5.97 Å². The third kappa shape index (κ3) is 3.09. The van der Waals surface area contributed by atoms with Gasteiger partial charge in [0.25, 0.3) is 10.0 Å². The zero-order valence-electron chi connectivity index (χ0n) is 13.3. The van der Waals surface area contributed by atoms with Crippen LogP contribution in [-0.4, -0.2) is 28.0 Å². The number of ether oxygens (including phenoxy) is 1. The third-order valence-corrected chi connectivity index (χ3v) is 6.16. The highest BCUT2D eigenvalue weighted by Gasteiger charge is 2.33. The van der Waals surface area contributed by atoms with E-state index >= 15 is 0 Å². The first-order chi connectivity index (χ1) is 11.9. The molecule has 0 amide bonds. The van der Waals surface area contributed by atoms with Crippen molar-refractivity contribution in [2.24, 2.45) is 0 Å². The second-order valence-corrected chi connectivity index (χ2v) is 7.82. The van der Waals surface area contributed by atoms with Crippen LogP contribution in [0.5, 0.6) is 0 Å². The largest absolute Gasteiger partial charge is 0.465 e. The molecule has 0 bridgehead atoms. The summed E-state index contributed by atoms with van der Waals surface area (Å²) < 4.78 is 46.0. The number of carbonyl (C=O) groups is 1. The van der Waals surface area contributed by atoms with Crippen LogP contribution in [0.15, 0.2) is 41.3 Å². The van der Waals surface area contributed by atoms with Crippen LogP contribution in [0.2, 0.25) is 5.02 Å². The van der Waals surface area contributed by atoms with E-state index in [-0.39, 0.29) is 11.6 Å². The second-order valence-electron chi connectivity index (χ2n) is 5.55. The summed E-state index contributed by atoms with van der Waals surface area (Å²) in [5.41, 5.74) is 1.26. The molecule has 0 aliphatic carbocycles. The summed E-state index contributed by atoms with van der Waals surface area (Å²) in [4.78, 5) is 11.5. The van der Waals surface area contributed by atoms with Gasteiger partial charge in [0, 0.05) is 11.6 Å². The van der Waals surface area contributed by atoms with Crippen LogP contribution < -0.4 is 4.31 Å². The van der Waals surface area contributed by atoms with E-state index in [4.69, 9.17) is 16.3 Å². The summed E-state index contributed by atoms with van der Waals surface area (Å²) in [6.45, 7) is 0.196. The van der Waals surface area contributed by atoms with Gasteiger partial charge in [0.05, 0.1) is 18.4 Å². The van der Waals surface area contributed by atoms with E-state index in [9.17, 15) is 17.6 Å². The maximum atomic E-state index is 14.2. The molecule has 0 radical (unpaired) electrons. The molecule has 132 valence electrons. The highest BCUT2D eigenvalue weighted by Crippen LogP contribution is 2.35. The Hall–Kier alpha value is -2.12. The summed E-state index contributed by atoms with van der Waals surface area (Å²) >= 11 is 5.71. The predicted molar refractivity (Wildman–Crippen MR) is 92.0 cm³/mol. The lowest BCUT2D eigenvalue weighted by Crippen LogP contribution is -2.36. The molecule has 2 aromatic rings. The molecule has 0 spiro atoms. The van der Waals surface area contributed by atoms with Gasteiger partial charge < -0.3 is 4.74 Å². The highest BCUT2D eigenvalue weighted by atomic mass is 35.5. The van der Waals surface area contributed by atoms with Crippen molar-refractivity contribution >= 4 is 33.3 Å². The Balaban J connectivity index is 2.13. The number of carbonyl (C=O) groups excluding carboxylic acids is 1. The fourth-order valence-corrected chi connectivity index (χ4v) is 4.69. The zero-order valence-corrected chi connectivity index (χ0v) is 14.9. The molecule has 1 aliphatic heterocycles.